The lowest BCUT2D eigenvalue weighted by Gasteiger charge is -2.04. The number of rotatable bonds is 4. The third kappa shape index (κ3) is 2.69. The van der Waals surface area contributed by atoms with Gasteiger partial charge in [-0.3, -0.25) is 14.3 Å². The van der Waals surface area contributed by atoms with Gasteiger partial charge in [-0.05, 0) is 12.7 Å². The second-order valence-corrected chi connectivity index (χ2v) is 6.05. The fourth-order valence-electron chi connectivity index (χ4n) is 1.84. The van der Waals surface area contributed by atoms with Gasteiger partial charge in [0.05, 0.1) is 0 Å². The molecule has 0 bridgehead atoms. The number of hydrogen-bond donors (Lipinski definition) is 1. The van der Waals surface area contributed by atoms with Crippen LogP contribution in [0.25, 0.3) is 11.2 Å². The smallest absolute Gasteiger partial charge is 0.309 e. The van der Waals surface area contributed by atoms with Crippen molar-refractivity contribution >= 4 is 34.5 Å². The SMILES string of the molecule is CCSc1nc2c(c(=O)[nH]c(=O)n2C)n1C/C=C(\C)Cl. The van der Waals surface area contributed by atoms with Crippen molar-refractivity contribution in [3.63, 3.8) is 0 Å². The van der Waals surface area contributed by atoms with Crippen LogP contribution in [0.2, 0.25) is 0 Å². The molecule has 108 valence electrons. The van der Waals surface area contributed by atoms with E-state index in [1.165, 1.54) is 16.3 Å². The highest BCUT2D eigenvalue weighted by atomic mass is 35.5. The lowest BCUT2D eigenvalue weighted by atomic mass is 10.4. The minimum absolute atomic E-state index is 0.385. The van der Waals surface area contributed by atoms with Gasteiger partial charge in [0, 0.05) is 18.6 Å². The van der Waals surface area contributed by atoms with Crippen LogP contribution in [0.3, 0.4) is 0 Å². The van der Waals surface area contributed by atoms with Crippen LogP contribution in [0.4, 0.5) is 0 Å². The topological polar surface area (TPSA) is 72.7 Å². The minimum Gasteiger partial charge on any atom is -0.309 e. The normalized spacial score (nSPS) is 12.3. The molecule has 0 spiro atoms. The molecule has 0 radical (unpaired) electrons. The Bertz CT molecular complexity index is 783. The predicted molar refractivity (Wildman–Crippen MR) is 81.6 cm³/mol. The van der Waals surface area contributed by atoms with Crippen LogP contribution in [-0.2, 0) is 13.6 Å². The fraction of sp³-hybridized carbons (Fsp3) is 0.417. The largest absolute Gasteiger partial charge is 0.329 e. The van der Waals surface area contributed by atoms with Crippen molar-refractivity contribution in [3.8, 4) is 0 Å². The summed E-state index contributed by atoms with van der Waals surface area (Å²) in [5, 5.41) is 1.34. The average Bonchev–Trinajstić information content (AvgIpc) is 2.73. The molecule has 2 aromatic heterocycles. The molecule has 20 heavy (non-hydrogen) atoms. The summed E-state index contributed by atoms with van der Waals surface area (Å²) in [4.78, 5) is 30.3. The van der Waals surface area contributed by atoms with Gasteiger partial charge in [0.2, 0.25) is 0 Å². The summed E-state index contributed by atoms with van der Waals surface area (Å²) < 4.78 is 3.11. The maximum absolute atomic E-state index is 12.0. The zero-order valence-electron chi connectivity index (χ0n) is 11.4. The van der Waals surface area contributed by atoms with Crippen molar-refractivity contribution in [2.45, 2.75) is 25.5 Å². The first-order valence-electron chi connectivity index (χ1n) is 6.10. The number of H-pyrrole nitrogens is 1. The van der Waals surface area contributed by atoms with Crippen molar-refractivity contribution < 1.29 is 0 Å². The van der Waals surface area contributed by atoms with Gasteiger partial charge < -0.3 is 4.57 Å². The van der Waals surface area contributed by atoms with E-state index < -0.39 is 11.2 Å². The first kappa shape index (κ1) is 14.9. The van der Waals surface area contributed by atoms with Gasteiger partial charge >= 0.3 is 5.69 Å². The highest BCUT2D eigenvalue weighted by Crippen LogP contribution is 2.21. The Morgan fingerprint density at radius 2 is 2.20 bits per heavy atom. The van der Waals surface area contributed by atoms with Crippen LogP contribution in [0.15, 0.2) is 25.9 Å². The van der Waals surface area contributed by atoms with E-state index in [0.717, 1.165) is 5.75 Å². The molecule has 0 aromatic carbocycles. The van der Waals surface area contributed by atoms with Gasteiger partial charge in [0.25, 0.3) is 5.56 Å². The average molecular weight is 315 g/mol. The molecule has 0 saturated carbocycles. The molecule has 1 N–H and O–H groups in total. The zero-order valence-corrected chi connectivity index (χ0v) is 13.0. The molecule has 2 heterocycles. The van der Waals surface area contributed by atoms with Gasteiger partial charge in [-0.25, -0.2) is 9.78 Å². The highest BCUT2D eigenvalue weighted by molar-refractivity contribution is 7.99. The van der Waals surface area contributed by atoms with E-state index in [4.69, 9.17) is 11.6 Å². The van der Waals surface area contributed by atoms with E-state index in [-0.39, 0.29) is 0 Å². The van der Waals surface area contributed by atoms with Gasteiger partial charge in [-0.15, -0.1) is 0 Å². The van der Waals surface area contributed by atoms with Crippen LogP contribution >= 0.6 is 23.4 Å². The Kier molecular flexibility index (Phi) is 4.39. The second-order valence-electron chi connectivity index (χ2n) is 4.22. The number of nitrogens with one attached hydrogen (secondary N) is 1. The Morgan fingerprint density at radius 1 is 1.50 bits per heavy atom. The first-order valence-corrected chi connectivity index (χ1v) is 7.46. The summed E-state index contributed by atoms with van der Waals surface area (Å²) in [6, 6.07) is 0. The third-order valence-corrected chi connectivity index (χ3v) is 3.81. The lowest BCUT2D eigenvalue weighted by Crippen LogP contribution is -2.29. The summed E-state index contributed by atoms with van der Waals surface area (Å²) in [7, 11) is 1.58. The Labute approximate surface area is 124 Å². The van der Waals surface area contributed by atoms with E-state index in [1.54, 1.807) is 24.6 Å². The number of aryl methyl sites for hydroxylation is 1. The number of nitrogens with zero attached hydrogens (tertiary/aromatic N) is 3. The monoisotopic (exact) mass is 314 g/mol. The molecule has 0 aliphatic rings. The summed E-state index contributed by atoms with van der Waals surface area (Å²) in [5.74, 6) is 0.818. The Hall–Kier alpha value is -1.47. The summed E-state index contributed by atoms with van der Waals surface area (Å²) in [5.41, 5.74) is -0.129. The molecule has 0 aliphatic carbocycles. The molecule has 0 amide bonds. The molecule has 0 atom stereocenters. The second kappa shape index (κ2) is 5.88. The zero-order chi connectivity index (χ0) is 14.9. The summed E-state index contributed by atoms with van der Waals surface area (Å²) in [6.07, 6.45) is 1.80. The molecule has 2 aromatic rings. The number of aromatic nitrogens is 4. The number of imidazole rings is 1. The van der Waals surface area contributed by atoms with E-state index in [9.17, 15) is 9.59 Å². The molecular weight excluding hydrogens is 300 g/mol. The maximum Gasteiger partial charge on any atom is 0.329 e. The summed E-state index contributed by atoms with van der Waals surface area (Å²) >= 11 is 7.36. The molecule has 0 unspecified atom stereocenters. The quantitative estimate of drug-likeness (QED) is 0.871. The van der Waals surface area contributed by atoms with Crippen molar-refractivity contribution in [3.05, 3.63) is 31.9 Å². The Morgan fingerprint density at radius 3 is 2.80 bits per heavy atom. The molecule has 0 saturated heterocycles. The van der Waals surface area contributed by atoms with Crippen molar-refractivity contribution in [2.75, 3.05) is 5.75 Å². The van der Waals surface area contributed by atoms with Crippen molar-refractivity contribution in [2.24, 2.45) is 7.05 Å². The molecule has 0 aliphatic heterocycles. The van der Waals surface area contributed by atoms with Crippen LogP contribution in [0.1, 0.15) is 13.8 Å². The van der Waals surface area contributed by atoms with Gasteiger partial charge in [0.15, 0.2) is 16.3 Å². The Balaban J connectivity index is 2.78. The van der Waals surface area contributed by atoms with E-state index >= 15 is 0 Å². The molecule has 6 nitrogen and oxygen atoms in total. The van der Waals surface area contributed by atoms with Gasteiger partial charge in [-0.2, -0.15) is 0 Å². The number of fused-ring (bicyclic) bond motifs is 1. The van der Waals surface area contributed by atoms with Crippen LogP contribution in [-0.4, -0.2) is 24.9 Å². The molecule has 8 heteroatoms. The van der Waals surface area contributed by atoms with Crippen molar-refractivity contribution in [1.29, 1.82) is 0 Å². The van der Waals surface area contributed by atoms with Crippen LogP contribution in [0, 0.1) is 0 Å². The standard InChI is InChI=1S/C12H15ClN4O2S/c1-4-20-12-14-9-8(17(12)6-5-7(2)13)10(18)15-11(19)16(9)3/h5H,4,6H2,1-3H3,(H,15,18,19)/b7-5+. The fourth-order valence-corrected chi connectivity index (χ4v) is 2.64. The predicted octanol–water partition coefficient (Wildman–Crippen LogP) is 1.68. The van der Waals surface area contributed by atoms with Gasteiger partial charge in [0.1, 0.15) is 0 Å². The number of allylic oxidation sites excluding steroid dienone is 2. The molecule has 0 fully saturated rings. The lowest BCUT2D eigenvalue weighted by molar-refractivity contribution is 0.743. The van der Waals surface area contributed by atoms with Gasteiger partial charge in [-0.1, -0.05) is 36.4 Å². The first-order chi connectivity index (χ1) is 9.45. The van der Waals surface area contributed by atoms with Crippen LogP contribution in [0.5, 0.6) is 0 Å². The number of aromatic amines is 1. The number of thioether (sulfide) groups is 1. The molecular formula is C12H15ClN4O2S. The number of hydrogen-bond acceptors (Lipinski definition) is 4. The minimum atomic E-state index is -0.468. The highest BCUT2D eigenvalue weighted by Gasteiger charge is 2.16. The van der Waals surface area contributed by atoms with E-state index in [2.05, 4.69) is 9.97 Å². The van der Waals surface area contributed by atoms with Crippen LogP contribution < -0.4 is 11.2 Å². The van der Waals surface area contributed by atoms with E-state index in [0.29, 0.717) is 27.9 Å². The summed E-state index contributed by atoms with van der Waals surface area (Å²) in [6.45, 7) is 4.21. The third-order valence-electron chi connectivity index (χ3n) is 2.80. The maximum atomic E-state index is 12.0. The number of halogens is 1. The molecule has 2 rings (SSSR count). The van der Waals surface area contributed by atoms with E-state index in [1.807, 2.05) is 6.92 Å². The van der Waals surface area contributed by atoms with Crippen molar-refractivity contribution in [1.82, 2.24) is 19.1 Å².